The Kier molecular flexibility index (Phi) is 5.76. The predicted molar refractivity (Wildman–Crippen MR) is 105 cm³/mol. The number of amides is 1. The zero-order valence-corrected chi connectivity index (χ0v) is 15.4. The third-order valence-electron chi connectivity index (χ3n) is 4.35. The molecule has 0 fully saturated rings. The highest BCUT2D eigenvalue weighted by atomic mass is 16.5. The van der Waals surface area contributed by atoms with Crippen LogP contribution in [0.3, 0.4) is 0 Å². The predicted octanol–water partition coefficient (Wildman–Crippen LogP) is 2.45. The van der Waals surface area contributed by atoms with Crippen molar-refractivity contribution in [3.05, 3.63) is 70.0 Å². The van der Waals surface area contributed by atoms with Crippen LogP contribution in [-0.4, -0.2) is 31.7 Å². The number of rotatable bonds is 7. The van der Waals surface area contributed by atoms with Gasteiger partial charge in [0, 0.05) is 18.2 Å². The quantitative estimate of drug-likeness (QED) is 0.673. The van der Waals surface area contributed by atoms with Crippen molar-refractivity contribution in [3.63, 3.8) is 0 Å². The highest BCUT2D eigenvalue weighted by Gasteiger charge is 2.07. The van der Waals surface area contributed by atoms with E-state index in [9.17, 15) is 9.59 Å². The summed E-state index contributed by atoms with van der Waals surface area (Å²) in [4.78, 5) is 27.2. The molecule has 0 bridgehead atoms. The molecule has 0 radical (unpaired) electrons. The molecule has 0 unspecified atom stereocenters. The molecule has 0 saturated carbocycles. The van der Waals surface area contributed by atoms with E-state index in [1.54, 1.807) is 20.3 Å². The van der Waals surface area contributed by atoms with Crippen LogP contribution in [-0.2, 0) is 17.6 Å². The Labute approximate surface area is 157 Å². The van der Waals surface area contributed by atoms with Gasteiger partial charge in [0.1, 0.15) is 11.5 Å². The minimum Gasteiger partial charge on any atom is -0.497 e. The van der Waals surface area contributed by atoms with E-state index < -0.39 is 0 Å². The van der Waals surface area contributed by atoms with Gasteiger partial charge in [-0.2, -0.15) is 0 Å². The average Bonchev–Trinajstić information content (AvgIpc) is 2.68. The molecular weight excluding hydrogens is 344 g/mol. The second kappa shape index (κ2) is 8.40. The number of carbonyl (C=O) groups is 1. The Hall–Kier alpha value is -3.28. The van der Waals surface area contributed by atoms with Crippen molar-refractivity contribution in [1.29, 1.82) is 0 Å². The zero-order valence-electron chi connectivity index (χ0n) is 15.4. The number of carbonyl (C=O) groups excluding carboxylic acids is 1. The number of pyridine rings is 1. The van der Waals surface area contributed by atoms with E-state index in [1.807, 2.05) is 42.5 Å². The average molecular weight is 366 g/mol. The van der Waals surface area contributed by atoms with Crippen LogP contribution in [0.2, 0.25) is 0 Å². The van der Waals surface area contributed by atoms with Crippen LogP contribution in [0.25, 0.3) is 10.9 Å². The van der Waals surface area contributed by atoms with E-state index >= 15 is 0 Å². The Balaban J connectivity index is 1.60. The second-order valence-corrected chi connectivity index (χ2v) is 6.21. The van der Waals surface area contributed by atoms with Gasteiger partial charge in [0.25, 0.3) is 5.56 Å². The fourth-order valence-electron chi connectivity index (χ4n) is 2.90. The van der Waals surface area contributed by atoms with E-state index in [2.05, 4.69) is 10.3 Å². The lowest BCUT2D eigenvalue weighted by molar-refractivity contribution is -0.120. The number of fused-ring (bicyclic) bond motifs is 1. The maximum Gasteiger partial charge on any atom is 0.251 e. The minimum absolute atomic E-state index is 0.0924. The molecule has 140 valence electrons. The summed E-state index contributed by atoms with van der Waals surface area (Å²) >= 11 is 0. The minimum atomic E-state index is -0.155. The standard InChI is InChI=1S/C21H22N2O4/c1-26-17-5-3-4-14(10-17)11-20(24)22-9-8-16-12-15-6-7-18(27-2)13-19(15)23-21(16)25/h3-7,10,12-13H,8-9,11H2,1-2H3,(H,22,24)(H,23,25). The van der Waals surface area contributed by atoms with Crippen LogP contribution in [0.4, 0.5) is 0 Å². The summed E-state index contributed by atoms with van der Waals surface area (Å²) in [5.41, 5.74) is 2.08. The number of aromatic nitrogens is 1. The molecule has 0 aliphatic carbocycles. The number of ether oxygens (including phenoxy) is 2. The van der Waals surface area contributed by atoms with Gasteiger partial charge in [-0.3, -0.25) is 9.59 Å². The molecule has 3 rings (SSSR count). The van der Waals surface area contributed by atoms with Crippen molar-refractivity contribution >= 4 is 16.8 Å². The van der Waals surface area contributed by atoms with Crippen molar-refractivity contribution in [2.75, 3.05) is 20.8 Å². The SMILES string of the molecule is COc1cccc(CC(=O)NCCc2cc3ccc(OC)cc3[nH]c2=O)c1. The summed E-state index contributed by atoms with van der Waals surface area (Å²) in [6, 6.07) is 14.8. The van der Waals surface area contributed by atoms with E-state index in [-0.39, 0.29) is 17.9 Å². The lowest BCUT2D eigenvalue weighted by Crippen LogP contribution is -2.28. The van der Waals surface area contributed by atoms with Crippen LogP contribution >= 0.6 is 0 Å². The number of benzene rings is 2. The van der Waals surface area contributed by atoms with Gasteiger partial charge in [-0.1, -0.05) is 12.1 Å². The zero-order chi connectivity index (χ0) is 19.2. The molecule has 0 spiro atoms. The van der Waals surface area contributed by atoms with Crippen LogP contribution in [0.15, 0.2) is 53.3 Å². The van der Waals surface area contributed by atoms with Gasteiger partial charge < -0.3 is 19.8 Å². The molecule has 2 N–H and O–H groups in total. The summed E-state index contributed by atoms with van der Waals surface area (Å²) < 4.78 is 10.3. The molecule has 0 aliphatic rings. The van der Waals surface area contributed by atoms with Gasteiger partial charge in [-0.25, -0.2) is 0 Å². The van der Waals surface area contributed by atoms with E-state index in [4.69, 9.17) is 9.47 Å². The Morgan fingerprint density at radius 2 is 1.81 bits per heavy atom. The Morgan fingerprint density at radius 1 is 1.04 bits per heavy atom. The molecule has 1 heterocycles. The molecule has 6 nitrogen and oxygen atoms in total. The molecule has 0 aliphatic heterocycles. The van der Waals surface area contributed by atoms with Crippen molar-refractivity contribution in [2.45, 2.75) is 12.8 Å². The normalized spacial score (nSPS) is 10.6. The van der Waals surface area contributed by atoms with Gasteiger partial charge >= 0.3 is 0 Å². The molecule has 1 aromatic heterocycles. The summed E-state index contributed by atoms with van der Waals surface area (Å²) in [5, 5.41) is 3.78. The van der Waals surface area contributed by atoms with Gasteiger partial charge in [-0.05, 0) is 47.7 Å². The number of aromatic amines is 1. The maximum absolute atomic E-state index is 12.2. The van der Waals surface area contributed by atoms with Crippen LogP contribution in [0, 0.1) is 0 Å². The Bertz CT molecular complexity index is 1010. The summed E-state index contributed by atoms with van der Waals surface area (Å²) in [5.74, 6) is 1.32. The second-order valence-electron chi connectivity index (χ2n) is 6.21. The molecule has 0 saturated heterocycles. The van der Waals surface area contributed by atoms with Crippen LogP contribution in [0.5, 0.6) is 11.5 Å². The highest BCUT2D eigenvalue weighted by Crippen LogP contribution is 2.18. The number of hydrogen-bond donors (Lipinski definition) is 2. The van der Waals surface area contributed by atoms with Crippen LogP contribution in [0.1, 0.15) is 11.1 Å². The molecule has 1 amide bonds. The number of nitrogens with one attached hydrogen (secondary N) is 2. The molecule has 2 aromatic carbocycles. The molecular formula is C21H22N2O4. The first-order valence-corrected chi connectivity index (χ1v) is 8.68. The number of methoxy groups -OCH3 is 2. The molecule has 0 atom stereocenters. The lowest BCUT2D eigenvalue weighted by atomic mass is 10.1. The Morgan fingerprint density at radius 3 is 2.59 bits per heavy atom. The topological polar surface area (TPSA) is 80.4 Å². The van der Waals surface area contributed by atoms with E-state index in [0.717, 1.165) is 22.2 Å². The first-order valence-electron chi connectivity index (χ1n) is 8.68. The third-order valence-corrected chi connectivity index (χ3v) is 4.35. The largest absolute Gasteiger partial charge is 0.497 e. The van der Waals surface area contributed by atoms with Crippen molar-refractivity contribution in [3.8, 4) is 11.5 Å². The number of hydrogen-bond acceptors (Lipinski definition) is 4. The van der Waals surface area contributed by atoms with Crippen LogP contribution < -0.4 is 20.3 Å². The van der Waals surface area contributed by atoms with Crippen molar-refractivity contribution < 1.29 is 14.3 Å². The van der Waals surface area contributed by atoms with Gasteiger partial charge in [0.15, 0.2) is 0 Å². The van der Waals surface area contributed by atoms with E-state index in [0.29, 0.717) is 24.3 Å². The monoisotopic (exact) mass is 366 g/mol. The number of H-pyrrole nitrogens is 1. The van der Waals surface area contributed by atoms with Gasteiger partial charge in [0.2, 0.25) is 5.91 Å². The first-order chi connectivity index (χ1) is 13.1. The summed E-state index contributed by atoms with van der Waals surface area (Å²) in [6.45, 7) is 0.396. The fourth-order valence-corrected chi connectivity index (χ4v) is 2.90. The van der Waals surface area contributed by atoms with E-state index in [1.165, 1.54) is 0 Å². The maximum atomic E-state index is 12.2. The van der Waals surface area contributed by atoms with Gasteiger partial charge in [-0.15, -0.1) is 0 Å². The lowest BCUT2D eigenvalue weighted by Gasteiger charge is -2.08. The fraction of sp³-hybridized carbons (Fsp3) is 0.238. The third kappa shape index (κ3) is 4.67. The molecule has 27 heavy (non-hydrogen) atoms. The first kappa shape index (κ1) is 18.5. The molecule has 6 heteroatoms. The smallest absolute Gasteiger partial charge is 0.251 e. The van der Waals surface area contributed by atoms with Crippen molar-refractivity contribution in [1.82, 2.24) is 10.3 Å². The van der Waals surface area contributed by atoms with Gasteiger partial charge in [0.05, 0.1) is 26.2 Å². The summed E-state index contributed by atoms with van der Waals surface area (Å²) in [6.07, 6.45) is 0.728. The highest BCUT2D eigenvalue weighted by molar-refractivity contribution is 5.80. The van der Waals surface area contributed by atoms with Crippen molar-refractivity contribution in [2.24, 2.45) is 0 Å². The summed E-state index contributed by atoms with van der Waals surface area (Å²) in [7, 11) is 3.18. The molecule has 3 aromatic rings.